The zero-order chi connectivity index (χ0) is 24.3. The minimum atomic E-state index is -4.35. The number of aryl methyl sites for hydroxylation is 1. The Morgan fingerprint density at radius 2 is 1.76 bits per heavy atom. The highest BCUT2D eigenvalue weighted by Gasteiger charge is 2.30. The van der Waals surface area contributed by atoms with Gasteiger partial charge in [0.25, 0.3) is 0 Å². The average molecular weight is 466 g/mol. The number of benzene rings is 3. The van der Waals surface area contributed by atoms with E-state index in [0.29, 0.717) is 12.2 Å². The summed E-state index contributed by atoms with van der Waals surface area (Å²) in [6.07, 6.45) is -2.42. The Morgan fingerprint density at radius 1 is 1.00 bits per heavy atom. The third kappa shape index (κ3) is 5.33. The molecule has 6 heteroatoms. The van der Waals surface area contributed by atoms with E-state index in [1.54, 1.807) is 0 Å². The third-order valence-electron chi connectivity index (χ3n) is 6.17. The van der Waals surface area contributed by atoms with Crippen molar-refractivity contribution in [3.8, 4) is 16.9 Å². The maximum atomic E-state index is 12.8. The van der Waals surface area contributed by atoms with E-state index in [-0.39, 0.29) is 18.3 Å². The molecule has 0 saturated carbocycles. The molecule has 0 aliphatic heterocycles. The van der Waals surface area contributed by atoms with E-state index in [1.165, 1.54) is 19.2 Å². The lowest BCUT2D eigenvalue weighted by Gasteiger charge is -2.27. The Morgan fingerprint density at radius 3 is 2.47 bits per heavy atom. The summed E-state index contributed by atoms with van der Waals surface area (Å²) in [4.78, 5) is 11.8. The van der Waals surface area contributed by atoms with Gasteiger partial charge in [-0.05, 0) is 71.0 Å². The van der Waals surface area contributed by atoms with Gasteiger partial charge in [0.15, 0.2) is 0 Å². The molecule has 3 nitrogen and oxygen atoms in total. The molecular formula is C28H25F3O3. The summed E-state index contributed by atoms with van der Waals surface area (Å²) in [5, 5.41) is 0. The quantitative estimate of drug-likeness (QED) is 0.287. The highest BCUT2D eigenvalue weighted by molar-refractivity contribution is 5.71. The van der Waals surface area contributed by atoms with Crippen molar-refractivity contribution in [1.29, 1.82) is 0 Å². The van der Waals surface area contributed by atoms with Crippen LogP contribution in [-0.4, -0.2) is 13.1 Å². The summed E-state index contributed by atoms with van der Waals surface area (Å²) in [6.45, 7) is 4.46. The SMILES string of the molecule is C=C1CCc2cc(OCc3cccc(-c4ccc(C(F)(F)F)cc4)c3)ccc2[C@@H]1CC(=O)OC. The lowest BCUT2D eigenvalue weighted by atomic mass is 9.78. The molecule has 3 aromatic rings. The topological polar surface area (TPSA) is 35.5 Å². The molecule has 0 saturated heterocycles. The lowest BCUT2D eigenvalue weighted by Crippen LogP contribution is -2.16. The molecule has 0 spiro atoms. The van der Waals surface area contributed by atoms with Gasteiger partial charge in [0.1, 0.15) is 12.4 Å². The standard InChI is InChI=1S/C28H25F3O3/c1-18-6-7-22-15-24(12-13-25(22)26(18)16-27(32)33-2)34-17-19-4-3-5-21(14-19)20-8-10-23(11-9-20)28(29,30)31/h3-5,8-15,26H,1,6-7,16-17H2,2H3/t26-/m1/s1. The number of carbonyl (C=O) groups excluding carboxylic acids is 1. The number of allylic oxidation sites excluding steroid dienone is 1. The number of hydrogen-bond donors (Lipinski definition) is 0. The fraction of sp³-hybridized carbons (Fsp3) is 0.250. The normalized spacial score (nSPS) is 15.5. The molecular weight excluding hydrogens is 441 g/mol. The molecule has 0 bridgehead atoms. The van der Waals surface area contributed by atoms with Crippen molar-refractivity contribution in [1.82, 2.24) is 0 Å². The minimum absolute atomic E-state index is 0.0503. The number of hydrogen-bond acceptors (Lipinski definition) is 3. The van der Waals surface area contributed by atoms with Gasteiger partial charge in [0, 0.05) is 5.92 Å². The molecule has 0 heterocycles. The van der Waals surface area contributed by atoms with E-state index < -0.39 is 11.7 Å². The summed E-state index contributed by atoms with van der Waals surface area (Å²) in [6, 6.07) is 18.6. The Labute approximate surface area is 196 Å². The Kier molecular flexibility index (Phi) is 6.77. The minimum Gasteiger partial charge on any atom is -0.489 e. The van der Waals surface area contributed by atoms with Crippen molar-refractivity contribution < 1.29 is 27.4 Å². The second-order valence-electron chi connectivity index (χ2n) is 8.42. The first-order valence-corrected chi connectivity index (χ1v) is 11.0. The molecule has 0 fully saturated rings. The zero-order valence-corrected chi connectivity index (χ0v) is 18.8. The summed E-state index contributed by atoms with van der Waals surface area (Å²) in [5.74, 6) is 0.418. The Bertz CT molecular complexity index is 1200. The van der Waals surface area contributed by atoms with Gasteiger partial charge in [0.2, 0.25) is 0 Å². The van der Waals surface area contributed by atoms with Gasteiger partial charge in [-0.15, -0.1) is 0 Å². The van der Waals surface area contributed by atoms with Crippen LogP contribution in [0.3, 0.4) is 0 Å². The number of carbonyl (C=O) groups is 1. The average Bonchev–Trinajstić information content (AvgIpc) is 2.84. The molecule has 0 N–H and O–H groups in total. The second-order valence-corrected chi connectivity index (χ2v) is 8.42. The van der Waals surface area contributed by atoms with Gasteiger partial charge in [-0.1, -0.05) is 48.6 Å². The van der Waals surface area contributed by atoms with Crippen LogP contribution in [-0.2, 0) is 28.7 Å². The molecule has 1 aliphatic rings. The van der Waals surface area contributed by atoms with Crippen LogP contribution >= 0.6 is 0 Å². The van der Waals surface area contributed by atoms with Gasteiger partial charge in [-0.2, -0.15) is 13.2 Å². The molecule has 0 amide bonds. The maximum Gasteiger partial charge on any atom is 0.416 e. The first kappa shape index (κ1) is 23.6. The fourth-order valence-electron chi connectivity index (χ4n) is 4.28. The highest BCUT2D eigenvalue weighted by Crippen LogP contribution is 2.39. The largest absolute Gasteiger partial charge is 0.489 e. The Hall–Kier alpha value is -3.54. The molecule has 1 aliphatic carbocycles. The number of rotatable bonds is 6. The summed E-state index contributed by atoms with van der Waals surface area (Å²) in [5.41, 5.74) is 5.03. The van der Waals surface area contributed by atoms with E-state index in [2.05, 4.69) is 6.58 Å². The molecule has 1 atom stereocenters. The van der Waals surface area contributed by atoms with E-state index in [4.69, 9.17) is 9.47 Å². The highest BCUT2D eigenvalue weighted by atomic mass is 19.4. The smallest absolute Gasteiger partial charge is 0.416 e. The predicted octanol–water partition coefficient (Wildman–Crippen LogP) is 7.10. The van der Waals surface area contributed by atoms with Crippen molar-refractivity contribution in [2.24, 2.45) is 0 Å². The van der Waals surface area contributed by atoms with Crippen LogP contribution in [0.4, 0.5) is 13.2 Å². The van der Waals surface area contributed by atoms with Gasteiger partial charge in [-0.3, -0.25) is 4.79 Å². The third-order valence-corrected chi connectivity index (χ3v) is 6.17. The fourth-order valence-corrected chi connectivity index (χ4v) is 4.28. The number of alkyl halides is 3. The van der Waals surface area contributed by atoms with Crippen LogP contribution in [0.1, 0.15) is 41.0 Å². The molecule has 0 unspecified atom stereocenters. The zero-order valence-electron chi connectivity index (χ0n) is 18.8. The van der Waals surface area contributed by atoms with Gasteiger partial charge < -0.3 is 9.47 Å². The maximum absolute atomic E-state index is 12.8. The van der Waals surface area contributed by atoms with E-state index in [9.17, 15) is 18.0 Å². The van der Waals surface area contributed by atoms with E-state index in [0.717, 1.165) is 58.6 Å². The van der Waals surface area contributed by atoms with Crippen molar-refractivity contribution in [3.63, 3.8) is 0 Å². The lowest BCUT2D eigenvalue weighted by molar-refractivity contribution is -0.141. The summed E-state index contributed by atoms with van der Waals surface area (Å²) < 4.78 is 49.3. The predicted molar refractivity (Wildman–Crippen MR) is 124 cm³/mol. The van der Waals surface area contributed by atoms with Crippen LogP contribution in [0, 0.1) is 0 Å². The van der Waals surface area contributed by atoms with E-state index >= 15 is 0 Å². The molecule has 0 radical (unpaired) electrons. The molecule has 0 aromatic heterocycles. The van der Waals surface area contributed by atoms with Crippen LogP contribution < -0.4 is 4.74 Å². The van der Waals surface area contributed by atoms with Crippen LogP contribution in [0.15, 0.2) is 78.9 Å². The van der Waals surface area contributed by atoms with Crippen LogP contribution in [0.5, 0.6) is 5.75 Å². The van der Waals surface area contributed by atoms with Crippen molar-refractivity contribution >= 4 is 5.97 Å². The van der Waals surface area contributed by atoms with Crippen LogP contribution in [0.2, 0.25) is 0 Å². The monoisotopic (exact) mass is 466 g/mol. The molecule has 176 valence electrons. The van der Waals surface area contributed by atoms with Gasteiger partial charge in [-0.25, -0.2) is 0 Å². The van der Waals surface area contributed by atoms with Crippen molar-refractivity contribution in [3.05, 3.63) is 101 Å². The molecule has 4 rings (SSSR count). The summed E-state index contributed by atoms with van der Waals surface area (Å²) >= 11 is 0. The van der Waals surface area contributed by atoms with Crippen molar-refractivity contribution in [2.45, 2.75) is 38.0 Å². The van der Waals surface area contributed by atoms with E-state index in [1.807, 2.05) is 42.5 Å². The Balaban J connectivity index is 1.46. The second kappa shape index (κ2) is 9.75. The van der Waals surface area contributed by atoms with Gasteiger partial charge >= 0.3 is 12.1 Å². The number of ether oxygens (including phenoxy) is 2. The molecule has 3 aromatic carbocycles. The number of fused-ring (bicyclic) bond motifs is 1. The molecule has 34 heavy (non-hydrogen) atoms. The first-order chi connectivity index (χ1) is 16.2. The van der Waals surface area contributed by atoms with Gasteiger partial charge in [0.05, 0.1) is 19.1 Å². The summed E-state index contributed by atoms with van der Waals surface area (Å²) in [7, 11) is 1.39. The number of methoxy groups -OCH3 is 1. The number of esters is 1. The van der Waals surface area contributed by atoms with Crippen LogP contribution in [0.25, 0.3) is 11.1 Å². The first-order valence-electron chi connectivity index (χ1n) is 11.0. The van der Waals surface area contributed by atoms with Crippen molar-refractivity contribution in [2.75, 3.05) is 7.11 Å². The number of halogens is 3.